The maximum Gasteiger partial charge on any atom is 0.460 e. The van der Waals surface area contributed by atoms with Gasteiger partial charge in [-0.3, -0.25) is 0 Å². The Kier molecular flexibility index (Phi) is 13.2. The van der Waals surface area contributed by atoms with Crippen LogP contribution in [-0.2, 0) is 0 Å². The highest BCUT2D eigenvalue weighted by molar-refractivity contribution is 6.32. The van der Waals surface area contributed by atoms with Gasteiger partial charge in [0.05, 0.1) is 17.2 Å². The molecule has 0 saturated carbocycles. The molecule has 0 aromatic heterocycles. The summed E-state index contributed by atoms with van der Waals surface area (Å²) < 4.78 is 160. The molecular formula is C29H30ClF11O4. The molecule has 2 aromatic rings. The fourth-order valence-electron chi connectivity index (χ4n) is 3.80. The van der Waals surface area contributed by atoms with Crippen LogP contribution in [0.4, 0.5) is 48.3 Å². The average Bonchev–Trinajstić information content (AvgIpc) is 2.95. The molecule has 0 aliphatic rings. The molecule has 0 aliphatic heterocycles. The van der Waals surface area contributed by atoms with Crippen molar-refractivity contribution < 1.29 is 67.3 Å². The Hall–Kier alpha value is -2.97. The van der Waals surface area contributed by atoms with E-state index < -0.39 is 53.2 Å². The molecule has 0 radical (unpaired) electrons. The second kappa shape index (κ2) is 15.5. The summed E-state index contributed by atoms with van der Waals surface area (Å²) in [7, 11) is 0. The molecule has 0 saturated heterocycles. The number of halogens is 12. The summed E-state index contributed by atoms with van der Waals surface area (Å²) in [4.78, 5) is 12.4. The number of ether oxygens (including phenoxy) is 3. The largest absolute Gasteiger partial charge is 0.494 e. The molecule has 0 heterocycles. The number of benzene rings is 2. The summed E-state index contributed by atoms with van der Waals surface area (Å²) >= 11 is 5.77. The summed E-state index contributed by atoms with van der Waals surface area (Å²) in [6.07, 6.45) is 1.80. The Morgan fingerprint density at radius 2 is 1.20 bits per heavy atom. The zero-order chi connectivity index (χ0) is 34.1. The van der Waals surface area contributed by atoms with E-state index in [2.05, 4.69) is 11.7 Å². The fourth-order valence-corrected chi connectivity index (χ4v) is 4.04. The minimum Gasteiger partial charge on any atom is -0.494 e. The van der Waals surface area contributed by atoms with Gasteiger partial charge in [-0.05, 0) is 48.9 Å². The first-order valence-corrected chi connectivity index (χ1v) is 14.1. The van der Waals surface area contributed by atoms with E-state index in [1.54, 1.807) is 12.1 Å². The highest BCUT2D eigenvalue weighted by atomic mass is 35.5. The molecule has 0 amide bonds. The van der Waals surface area contributed by atoms with Crippen LogP contribution in [0, 0.1) is 0 Å². The third-order valence-electron chi connectivity index (χ3n) is 6.48. The Bertz CT molecular complexity index is 1240. The number of carbonyl (C=O) groups is 1. The minimum atomic E-state index is -7.56. The van der Waals surface area contributed by atoms with Crippen LogP contribution < -0.4 is 14.2 Å². The maximum absolute atomic E-state index is 13.9. The lowest BCUT2D eigenvalue weighted by atomic mass is 9.98. The van der Waals surface area contributed by atoms with Crippen LogP contribution in [0.5, 0.6) is 17.2 Å². The Balaban J connectivity index is 1.93. The lowest BCUT2D eigenvalue weighted by Gasteiger charge is -2.37. The summed E-state index contributed by atoms with van der Waals surface area (Å²) in [5.41, 5.74) is -0.309. The zero-order valence-corrected chi connectivity index (χ0v) is 24.5. The predicted molar refractivity (Wildman–Crippen MR) is 142 cm³/mol. The Morgan fingerprint density at radius 3 is 1.73 bits per heavy atom. The number of hydrogen-bond acceptors (Lipinski definition) is 4. The van der Waals surface area contributed by atoms with Crippen LogP contribution in [0.2, 0.25) is 5.02 Å². The monoisotopic (exact) mass is 686 g/mol. The second-order valence-corrected chi connectivity index (χ2v) is 10.5. The summed E-state index contributed by atoms with van der Waals surface area (Å²) in [6.45, 7) is -0.127. The van der Waals surface area contributed by atoms with E-state index in [4.69, 9.17) is 21.1 Å². The van der Waals surface area contributed by atoms with Crippen LogP contribution in [0.1, 0.15) is 68.6 Å². The molecule has 0 fully saturated rings. The van der Waals surface area contributed by atoms with E-state index in [-0.39, 0.29) is 11.3 Å². The number of carbonyl (C=O) groups excluding carboxylic acids is 1. The van der Waals surface area contributed by atoms with Crippen molar-refractivity contribution in [2.24, 2.45) is 0 Å². The van der Waals surface area contributed by atoms with Gasteiger partial charge in [-0.15, -0.1) is 0 Å². The molecule has 254 valence electrons. The molecule has 0 unspecified atom stereocenters. The lowest BCUT2D eigenvalue weighted by Crippen LogP contribution is -2.67. The number of hydrogen-bond donors (Lipinski definition) is 0. The van der Waals surface area contributed by atoms with Gasteiger partial charge in [0.1, 0.15) is 17.2 Å². The smallest absolute Gasteiger partial charge is 0.460 e. The average molecular weight is 687 g/mol. The second-order valence-electron chi connectivity index (χ2n) is 10.0. The molecule has 2 rings (SSSR count). The van der Waals surface area contributed by atoms with E-state index in [1.165, 1.54) is 44.2 Å². The van der Waals surface area contributed by atoms with Crippen LogP contribution in [-0.4, -0.2) is 49.0 Å². The van der Waals surface area contributed by atoms with Crippen LogP contribution >= 0.6 is 11.6 Å². The third-order valence-corrected chi connectivity index (χ3v) is 6.78. The molecule has 0 spiro atoms. The normalized spacial score (nSPS) is 13.1. The molecule has 16 heteroatoms. The van der Waals surface area contributed by atoms with Gasteiger partial charge in [-0.25, -0.2) is 4.79 Å². The van der Waals surface area contributed by atoms with Crippen molar-refractivity contribution in [3.05, 3.63) is 53.1 Å². The molecule has 0 aliphatic carbocycles. The van der Waals surface area contributed by atoms with E-state index in [0.717, 1.165) is 31.4 Å². The van der Waals surface area contributed by atoms with Crippen molar-refractivity contribution >= 4 is 17.6 Å². The molecule has 4 nitrogen and oxygen atoms in total. The quantitative estimate of drug-likeness (QED) is 0.0678. The standard InChI is InChI=1S/C29H30ClF11O4/c1-2-3-4-5-6-7-8-9-16-43-20-11-13-21(14-12-20)45-24(42)19-10-15-23(22(30)17-19)44-18-25(31,32)26(33,34)27(35,36)28(37,38)29(39,40)41/h10-15,17H,2-9,16,18H2,1H3. The van der Waals surface area contributed by atoms with Crippen LogP contribution in [0.25, 0.3) is 0 Å². The van der Waals surface area contributed by atoms with Crippen LogP contribution in [0.15, 0.2) is 42.5 Å². The summed E-state index contributed by atoms with van der Waals surface area (Å²) in [5.74, 6) is -29.9. The lowest BCUT2D eigenvalue weighted by molar-refractivity contribution is -0.423. The minimum absolute atomic E-state index is 0.0642. The zero-order valence-electron chi connectivity index (χ0n) is 23.8. The first kappa shape index (κ1) is 38.2. The molecular weight excluding hydrogens is 657 g/mol. The van der Waals surface area contributed by atoms with E-state index >= 15 is 0 Å². The predicted octanol–water partition coefficient (Wildman–Crippen LogP) is 10.6. The van der Waals surface area contributed by atoms with Gasteiger partial charge in [0.2, 0.25) is 0 Å². The third kappa shape index (κ3) is 9.52. The van der Waals surface area contributed by atoms with Gasteiger partial charge >= 0.3 is 35.8 Å². The SMILES string of the molecule is CCCCCCCCCCOc1ccc(OC(=O)c2ccc(OCC(F)(F)C(F)(F)C(F)(F)C(F)(F)C(F)(F)F)c(Cl)c2)cc1. The Labute approximate surface area is 256 Å². The molecule has 45 heavy (non-hydrogen) atoms. The van der Waals surface area contributed by atoms with Gasteiger partial charge < -0.3 is 14.2 Å². The maximum atomic E-state index is 13.9. The van der Waals surface area contributed by atoms with Gasteiger partial charge in [0.15, 0.2) is 6.61 Å². The number of rotatable bonds is 18. The fraction of sp³-hybridized carbons (Fsp3) is 0.552. The van der Waals surface area contributed by atoms with Crippen LogP contribution in [0.3, 0.4) is 0 Å². The van der Waals surface area contributed by atoms with Gasteiger partial charge in [0.25, 0.3) is 0 Å². The summed E-state index contributed by atoms with van der Waals surface area (Å²) in [6, 6.07) is 8.21. The van der Waals surface area contributed by atoms with Crippen molar-refractivity contribution in [2.75, 3.05) is 13.2 Å². The molecule has 0 bridgehead atoms. The van der Waals surface area contributed by atoms with E-state index in [1.807, 2.05) is 0 Å². The van der Waals surface area contributed by atoms with Crippen molar-refractivity contribution in [3.8, 4) is 17.2 Å². The number of alkyl halides is 11. The molecule has 0 N–H and O–H groups in total. The Morgan fingerprint density at radius 1 is 0.667 bits per heavy atom. The molecule has 0 atom stereocenters. The van der Waals surface area contributed by atoms with E-state index in [9.17, 15) is 53.1 Å². The first-order chi connectivity index (χ1) is 20.8. The number of esters is 1. The van der Waals surface area contributed by atoms with Gasteiger partial charge in [0, 0.05) is 0 Å². The van der Waals surface area contributed by atoms with Gasteiger partial charge in [-0.2, -0.15) is 48.3 Å². The van der Waals surface area contributed by atoms with Crippen molar-refractivity contribution in [1.82, 2.24) is 0 Å². The highest BCUT2D eigenvalue weighted by Gasteiger charge is 2.87. The van der Waals surface area contributed by atoms with Crippen molar-refractivity contribution in [2.45, 2.75) is 88.2 Å². The van der Waals surface area contributed by atoms with Gasteiger partial charge in [-0.1, -0.05) is 63.5 Å². The highest BCUT2D eigenvalue weighted by Crippen LogP contribution is 2.57. The first-order valence-electron chi connectivity index (χ1n) is 13.7. The van der Waals surface area contributed by atoms with Crippen molar-refractivity contribution in [3.63, 3.8) is 0 Å². The topological polar surface area (TPSA) is 44.8 Å². The number of unbranched alkanes of at least 4 members (excludes halogenated alkanes) is 7. The van der Waals surface area contributed by atoms with E-state index in [0.29, 0.717) is 18.4 Å². The summed E-state index contributed by atoms with van der Waals surface area (Å²) in [5, 5.41) is -0.708. The van der Waals surface area contributed by atoms with Crippen molar-refractivity contribution in [1.29, 1.82) is 0 Å². The molecule has 2 aromatic carbocycles.